The number of carbonyl (C=O) groups excluding carboxylic acids is 2. The number of nitrogens with zero attached hydrogens (tertiary/aromatic N) is 2. The summed E-state index contributed by atoms with van der Waals surface area (Å²) in [4.78, 5) is 38.5. The maximum atomic E-state index is 13.3. The minimum Gasteiger partial charge on any atom is -0.507 e. The third-order valence-electron chi connectivity index (χ3n) is 5.69. The molecule has 1 unspecified atom stereocenters. The van der Waals surface area contributed by atoms with E-state index in [-0.39, 0.29) is 16.8 Å². The van der Waals surface area contributed by atoms with E-state index in [1.54, 1.807) is 36.4 Å². The molecule has 4 rings (SSSR count). The highest BCUT2D eigenvalue weighted by Crippen LogP contribution is 2.43. The van der Waals surface area contributed by atoms with E-state index in [0.717, 1.165) is 11.1 Å². The molecule has 1 saturated heterocycles. The van der Waals surface area contributed by atoms with E-state index < -0.39 is 28.4 Å². The minimum absolute atomic E-state index is 0.0751. The van der Waals surface area contributed by atoms with Gasteiger partial charge in [0.2, 0.25) is 0 Å². The van der Waals surface area contributed by atoms with Gasteiger partial charge in [-0.15, -0.1) is 0 Å². The molecule has 172 valence electrons. The normalized spacial score (nSPS) is 17.1. The van der Waals surface area contributed by atoms with Crippen molar-refractivity contribution in [2.45, 2.75) is 19.9 Å². The molecule has 0 bridgehead atoms. The number of anilines is 1. The van der Waals surface area contributed by atoms with Gasteiger partial charge in [0.1, 0.15) is 11.5 Å². The summed E-state index contributed by atoms with van der Waals surface area (Å²) in [5.41, 5.74) is 2.59. The van der Waals surface area contributed by atoms with Gasteiger partial charge < -0.3 is 9.84 Å². The van der Waals surface area contributed by atoms with E-state index >= 15 is 0 Å². The number of carbonyl (C=O) groups is 2. The average molecular weight is 458 g/mol. The van der Waals surface area contributed by atoms with E-state index in [9.17, 15) is 24.8 Å². The molecule has 0 spiro atoms. The first kappa shape index (κ1) is 22.7. The number of Topliss-reactive ketones (excluding diaryl/α,β-unsaturated/α-hetero) is 1. The zero-order chi connectivity index (χ0) is 24.6. The van der Waals surface area contributed by atoms with Crippen LogP contribution in [-0.4, -0.2) is 28.8 Å². The fourth-order valence-electron chi connectivity index (χ4n) is 4.21. The molecule has 0 aliphatic carbocycles. The Labute approximate surface area is 195 Å². The molecule has 1 aliphatic rings. The fraction of sp³-hybridized carbons (Fsp3) is 0.154. The number of hydrogen-bond acceptors (Lipinski definition) is 6. The van der Waals surface area contributed by atoms with Crippen LogP contribution in [0.2, 0.25) is 0 Å². The number of aryl methyl sites for hydroxylation is 2. The highest BCUT2D eigenvalue weighted by Gasteiger charge is 2.47. The molecular weight excluding hydrogens is 436 g/mol. The highest BCUT2D eigenvalue weighted by atomic mass is 16.6. The first-order chi connectivity index (χ1) is 16.2. The third-order valence-corrected chi connectivity index (χ3v) is 5.69. The lowest BCUT2D eigenvalue weighted by Crippen LogP contribution is -2.29. The minimum atomic E-state index is -0.939. The number of methoxy groups -OCH3 is 1. The monoisotopic (exact) mass is 458 g/mol. The van der Waals surface area contributed by atoms with Crippen molar-refractivity contribution in [3.63, 3.8) is 0 Å². The summed E-state index contributed by atoms with van der Waals surface area (Å²) in [6.07, 6.45) is 0. The van der Waals surface area contributed by atoms with Crippen LogP contribution in [0.1, 0.15) is 28.3 Å². The molecule has 34 heavy (non-hydrogen) atoms. The number of ether oxygens (including phenoxy) is 1. The van der Waals surface area contributed by atoms with Gasteiger partial charge in [0, 0.05) is 23.4 Å². The van der Waals surface area contributed by atoms with Gasteiger partial charge in [0.25, 0.3) is 17.4 Å². The number of ketones is 1. The smallest absolute Gasteiger partial charge is 0.300 e. The molecule has 8 heteroatoms. The van der Waals surface area contributed by atoms with E-state index in [1.165, 1.54) is 36.3 Å². The molecule has 3 aromatic carbocycles. The Kier molecular flexibility index (Phi) is 5.89. The van der Waals surface area contributed by atoms with Crippen LogP contribution in [0.25, 0.3) is 5.76 Å². The molecule has 1 fully saturated rings. The SMILES string of the molecule is COc1ccc(C2/C(=C(/O)c3cccc([N+](=O)[O-])c3)C(=O)C(=O)N2c2cc(C)cc(C)c2)cc1. The van der Waals surface area contributed by atoms with Crippen LogP contribution in [0, 0.1) is 24.0 Å². The predicted octanol–water partition coefficient (Wildman–Crippen LogP) is 4.85. The lowest BCUT2D eigenvalue weighted by molar-refractivity contribution is -0.384. The highest BCUT2D eigenvalue weighted by molar-refractivity contribution is 6.51. The number of rotatable bonds is 5. The molecule has 1 aliphatic heterocycles. The molecule has 0 radical (unpaired) electrons. The van der Waals surface area contributed by atoms with Crippen molar-refractivity contribution in [2.24, 2.45) is 0 Å². The van der Waals surface area contributed by atoms with Gasteiger partial charge >= 0.3 is 0 Å². The quantitative estimate of drug-likeness (QED) is 0.192. The Morgan fingerprint density at radius 1 is 1.00 bits per heavy atom. The van der Waals surface area contributed by atoms with E-state index in [1.807, 2.05) is 19.9 Å². The number of aliphatic hydroxyl groups excluding tert-OH is 1. The second-order valence-electron chi connectivity index (χ2n) is 8.10. The molecule has 8 nitrogen and oxygen atoms in total. The van der Waals surface area contributed by atoms with Crippen LogP contribution < -0.4 is 9.64 Å². The van der Waals surface area contributed by atoms with Gasteiger partial charge in [0.15, 0.2) is 0 Å². The van der Waals surface area contributed by atoms with Crippen molar-refractivity contribution < 1.29 is 24.4 Å². The number of hydrogen-bond donors (Lipinski definition) is 1. The number of non-ortho nitro benzene ring substituents is 1. The molecule has 1 atom stereocenters. The van der Waals surface area contributed by atoms with Gasteiger partial charge in [-0.1, -0.05) is 30.3 Å². The standard InChI is InChI=1S/C26H22N2O6/c1-15-11-16(2)13-20(12-15)27-23(17-7-9-21(34-3)10-8-17)22(25(30)26(27)31)24(29)18-5-4-6-19(14-18)28(32)33/h4-14,23,29H,1-3H3/b24-22-. The van der Waals surface area contributed by atoms with Gasteiger partial charge in [-0.25, -0.2) is 0 Å². The van der Waals surface area contributed by atoms with E-state index in [4.69, 9.17) is 4.74 Å². The predicted molar refractivity (Wildman–Crippen MR) is 127 cm³/mol. The van der Waals surface area contributed by atoms with Crippen molar-refractivity contribution in [3.8, 4) is 5.75 Å². The molecule has 1 N–H and O–H groups in total. The Balaban J connectivity index is 1.96. The zero-order valence-corrected chi connectivity index (χ0v) is 18.8. The summed E-state index contributed by atoms with van der Waals surface area (Å²) in [5.74, 6) is -1.55. The molecule has 1 amide bonds. The zero-order valence-electron chi connectivity index (χ0n) is 18.8. The van der Waals surface area contributed by atoms with Gasteiger partial charge in [-0.3, -0.25) is 24.6 Å². The van der Waals surface area contributed by atoms with Crippen LogP contribution in [0.5, 0.6) is 5.75 Å². The Morgan fingerprint density at radius 3 is 2.24 bits per heavy atom. The number of aliphatic hydroxyl groups is 1. The lowest BCUT2D eigenvalue weighted by atomic mass is 9.94. The lowest BCUT2D eigenvalue weighted by Gasteiger charge is -2.26. The van der Waals surface area contributed by atoms with Crippen molar-refractivity contribution in [1.82, 2.24) is 0 Å². The van der Waals surface area contributed by atoms with Crippen molar-refractivity contribution >= 4 is 28.8 Å². The number of nitro groups is 1. The molecular formula is C26H22N2O6. The summed E-state index contributed by atoms with van der Waals surface area (Å²) in [6, 6.07) is 16.7. The first-order valence-electron chi connectivity index (χ1n) is 10.5. The largest absolute Gasteiger partial charge is 0.507 e. The van der Waals surface area contributed by atoms with Gasteiger partial charge in [-0.2, -0.15) is 0 Å². The summed E-state index contributed by atoms with van der Waals surface area (Å²) < 4.78 is 5.22. The molecule has 0 saturated carbocycles. The molecule has 3 aromatic rings. The topological polar surface area (TPSA) is 110 Å². The second kappa shape index (κ2) is 8.82. The van der Waals surface area contributed by atoms with E-state index in [2.05, 4.69) is 0 Å². The van der Waals surface area contributed by atoms with E-state index in [0.29, 0.717) is 17.0 Å². The summed E-state index contributed by atoms with van der Waals surface area (Å²) >= 11 is 0. The summed E-state index contributed by atoms with van der Waals surface area (Å²) in [5, 5.41) is 22.4. The number of nitro benzene ring substituents is 1. The van der Waals surface area contributed by atoms with Gasteiger partial charge in [0.05, 0.1) is 23.6 Å². The molecule has 0 aromatic heterocycles. The summed E-state index contributed by atoms with van der Waals surface area (Å²) in [7, 11) is 1.53. The van der Waals surface area contributed by atoms with Crippen molar-refractivity contribution in [3.05, 3.63) is 105 Å². The van der Waals surface area contributed by atoms with Crippen LogP contribution >= 0.6 is 0 Å². The first-order valence-corrected chi connectivity index (χ1v) is 10.5. The Morgan fingerprint density at radius 2 is 1.65 bits per heavy atom. The summed E-state index contributed by atoms with van der Waals surface area (Å²) in [6.45, 7) is 3.77. The molecule has 1 heterocycles. The van der Waals surface area contributed by atoms with Crippen LogP contribution in [0.3, 0.4) is 0 Å². The number of benzene rings is 3. The van der Waals surface area contributed by atoms with Crippen molar-refractivity contribution in [2.75, 3.05) is 12.0 Å². The van der Waals surface area contributed by atoms with Crippen LogP contribution in [0.15, 0.2) is 72.3 Å². The maximum Gasteiger partial charge on any atom is 0.300 e. The maximum absolute atomic E-state index is 13.3. The third kappa shape index (κ3) is 4.01. The van der Waals surface area contributed by atoms with Crippen LogP contribution in [0.4, 0.5) is 11.4 Å². The van der Waals surface area contributed by atoms with Crippen molar-refractivity contribution in [1.29, 1.82) is 0 Å². The van der Waals surface area contributed by atoms with Gasteiger partial charge in [-0.05, 0) is 54.8 Å². The van der Waals surface area contributed by atoms with Crippen LogP contribution in [-0.2, 0) is 9.59 Å². The average Bonchev–Trinajstić information content (AvgIpc) is 3.08. The Hall–Kier alpha value is -4.46. The second-order valence-corrected chi connectivity index (χ2v) is 8.10. The Bertz CT molecular complexity index is 1320. The number of amides is 1. The fourth-order valence-corrected chi connectivity index (χ4v) is 4.21.